The Balaban J connectivity index is 1.93. The van der Waals surface area contributed by atoms with Crippen LogP contribution in [0.3, 0.4) is 0 Å². The molecule has 0 N–H and O–H groups in total. The molecule has 1 fully saturated rings. The molecule has 22 heavy (non-hydrogen) atoms. The summed E-state index contributed by atoms with van der Waals surface area (Å²) in [5, 5.41) is 0. The van der Waals surface area contributed by atoms with Crippen molar-refractivity contribution in [2.45, 2.75) is 109 Å². The molecule has 2 unspecified atom stereocenters. The Morgan fingerprint density at radius 3 is 2.14 bits per heavy atom. The van der Waals surface area contributed by atoms with Crippen LogP contribution >= 0.6 is 0 Å². The van der Waals surface area contributed by atoms with Crippen LogP contribution in [0.5, 0.6) is 0 Å². The summed E-state index contributed by atoms with van der Waals surface area (Å²) in [5.74, 6) is -0.201. The van der Waals surface area contributed by atoms with E-state index in [2.05, 4.69) is 6.92 Å². The molecule has 3 nitrogen and oxygen atoms in total. The number of methoxy groups -OCH3 is 1. The van der Waals surface area contributed by atoms with Crippen LogP contribution < -0.4 is 0 Å². The number of carbonyl (C=O) groups excluding carboxylic acids is 1. The van der Waals surface area contributed by atoms with Gasteiger partial charge < -0.3 is 9.47 Å². The first-order valence-corrected chi connectivity index (χ1v) is 9.51. The molecule has 0 spiro atoms. The molecule has 2 atom stereocenters. The monoisotopic (exact) mass is 312 g/mol. The summed E-state index contributed by atoms with van der Waals surface area (Å²) in [4.78, 5) is 11.5. The highest BCUT2D eigenvalue weighted by atomic mass is 16.6. The van der Waals surface area contributed by atoms with Gasteiger partial charge in [0.15, 0.2) is 6.10 Å². The minimum absolute atomic E-state index is 0.201. The van der Waals surface area contributed by atoms with E-state index < -0.39 is 0 Å². The van der Waals surface area contributed by atoms with Crippen molar-refractivity contribution in [2.75, 3.05) is 7.11 Å². The van der Waals surface area contributed by atoms with Crippen molar-refractivity contribution in [3.63, 3.8) is 0 Å². The summed E-state index contributed by atoms with van der Waals surface area (Å²) in [6, 6.07) is 0. The van der Waals surface area contributed by atoms with Crippen LogP contribution in [0.25, 0.3) is 0 Å². The number of ether oxygens (including phenoxy) is 2. The molecular weight excluding hydrogens is 276 g/mol. The molecular formula is C19H36O3. The van der Waals surface area contributed by atoms with Gasteiger partial charge in [0.2, 0.25) is 0 Å². The average molecular weight is 312 g/mol. The quantitative estimate of drug-likeness (QED) is 0.357. The standard InChI is InChI=1S/C19H36O3/c1-3-4-5-6-7-8-9-10-11-12-14-17-15-13-16-18(22-17)19(20)21-2/h17-18H,3-16H2,1-2H3. The Hall–Kier alpha value is -0.570. The van der Waals surface area contributed by atoms with Crippen molar-refractivity contribution < 1.29 is 14.3 Å². The summed E-state index contributed by atoms with van der Waals surface area (Å²) in [5.41, 5.74) is 0. The minimum Gasteiger partial charge on any atom is -0.467 e. The first-order valence-electron chi connectivity index (χ1n) is 9.51. The molecule has 0 aromatic rings. The van der Waals surface area contributed by atoms with Gasteiger partial charge in [0.25, 0.3) is 0 Å². The van der Waals surface area contributed by atoms with Gasteiger partial charge >= 0.3 is 5.97 Å². The molecule has 0 radical (unpaired) electrons. The molecule has 0 aromatic heterocycles. The van der Waals surface area contributed by atoms with Crippen LogP contribution in [-0.4, -0.2) is 25.3 Å². The summed E-state index contributed by atoms with van der Waals surface area (Å²) >= 11 is 0. The van der Waals surface area contributed by atoms with Gasteiger partial charge in [0.05, 0.1) is 13.2 Å². The Morgan fingerprint density at radius 2 is 1.55 bits per heavy atom. The molecule has 3 heteroatoms. The normalized spacial score (nSPS) is 21.7. The Kier molecular flexibility index (Phi) is 11.4. The predicted molar refractivity (Wildman–Crippen MR) is 91.0 cm³/mol. The van der Waals surface area contributed by atoms with Gasteiger partial charge in [-0.3, -0.25) is 0 Å². The molecule has 0 aromatic carbocycles. The largest absolute Gasteiger partial charge is 0.467 e. The van der Waals surface area contributed by atoms with E-state index in [1.54, 1.807) is 0 Å². The van der Waals surface area contributed by atoms with Crippen LogP contribution in [0.1, 0.15) is 96.8 Å². The SMILES string of the molecule is CCCCCCCCCCCCC1CCCC(C(=O)OC)O1. The van der Waals surface area contributed by atoms with E-state index in [1.807, 2.05) is 0 Å². The fraction of sp³-hybridized carbons (Fsp3) is 0.947. The molecule has 0 amide bonds. The van der Waals surface area contributed by atoms with Gasteiger partial charge in [-0.2, -0.15) is 0 Å². The number of esters is 1. The van der Waals surface area contributed by atoms with E-state index in [4.69, 9.17) is 9.47 Å². The van der Waals surface area contributed by atoms with Crippen LogP contribution in [0.15, 0.2) is 0 Å². The van der Waals surface area contributed by atoms with Gasteiger partial charge in [-0.05, 0) is 25.7 Å². The van der Waals surface area contributed by atoms with E-state index >= 15 is 0 Å². The third-order valence-electron chi connectivity index (χ3n) is 4.69. The second kappa shape index (κ2) is 12.9. The zero-order valence-corrected chi connectivity index (χ0v) is 14.8. The summed E-state index contributed by atoms with van der Waals surface area (Å²) in [6.07, 6.45) is 17.7. The first-order chi connectivity index (χ1) is 10.8. The van der Waals surface area contributed by atoms with E-state index in [9.17, 15) is 4.79 Å². The maximum absolute atomic E-state index is 11.5. The van der Waals surface area contributed by atoms with Gasteiger partial charge in [0, 0.05) is 0 Å². The molecule has 1 aliphatic heterocycles. The van der Waals surface area contributed by atoms with Gasteiger partial charge in [0.1, 0.15) is 0 Å². The predicted octanol–water partition coefficient (Wildman–Crippen LogP) is 5.41. The van der Waals surface area contributed by atoms with Crippen LogP contribution in [0, 0.1) is 0 Å². The topological polar surface area (TPSA) is 35.5 Å². The molecule has 0 aliphatic carbocycles. The smallest absolute Gasteiger partial charge is 0.334 e. The van der Waals surface area contributed by atoms with Crippen molar-refractivity contribution in [2.24, 2.45) is 0 Å². The van der Waals surface area contributed by atoms with Crippen LogP contribution in [0.2, 0.25) is 0 Å². The maximum Gasteiger partial charge on any atom is 0.334 e. The zero-order chi connectivity index (χ0) is 16.0. The fourth-order valence-electron chi connectivity index (χ4n) is 3.28. The molecule has 1 saturated heterocycles. The molecule has 1 heterocycles. The number of rotatable bonds is 12. The summed E-state index contributed by atoms with van der Waals surface area (Å²) in [6.45, 7) is 2.27. The van der Waals surface area contributed by atoms with E-state index in [-0.39, 0.29) is 18.2 Å². The van der Waals surface area contributed by atoms with Crippen LogP contribution in [-0.2, 0) is 14.3 Å². The fourth-order valence-corrected chi connectivity index (χ4v) is 3.28. The lowest BCUT2D eigenvalue weighted by atomic mass is 9.99. The van der Waals surface area contributed by atoms with Gasteiger partial charge in [-0.25, -0.2) is 4.79 Å². The second-order valence-electron chi connectivity index (χ2n) is 6.67. The minimum atomic E-state index is -0.313. The number of unbranched alkanes of at least 4 members (excludes halogenated alkanes) is 9. The van der Waals surface area contributed by atoms with Gasteiger partial charge in [-0.1, -0.05) is 71.1 Å². The van der Waals surface area contributed by atoms with Gasteiger partial charge in [-0.15, -0.1) is 0 Å². The van der Waals surface area contributed by atoms with Crippen molar-refractivity contribution in [3.05, 3.63) is 0 Å². The Bertz CT molecular complexity index is 278. The molecule has 0 saturated carbocycles. The van der Waals surface area contributed by atoms with E-state index in [0.717, 1.165) is 25.7 Å². The highest BCUT2D eigenvalue weighted by Crippen LogP contribution is 2.24. The molecule has 130 valence electrons. The lowest BCUT2D eigenvalue weighted by Crippen LogP contribution is -2.34. The molecule has 1 aliphatic rings. The van der Waals surface area contributed by atoms with Crippen molar-refractivity contribution >= 4 is 5.97 Å². The van der Waals surface area contributed by atoms with Crippen molar-refractivity contribution in [3.8, 4) is 0 Å². The highest BCUT2D eigenvalue weighted by molar-refractivity contribution is 5.74. The number of carbonyl (C=O) groups is 1. The summed E-state index contributed by atoms with van der Waals surface area (Å²) in [7, 11) is 1.44. The lowest BCUT2D eigenvalue weighted by molar-refractivity contribution is -0.163. The average Bonchev–Trinajstić information content (AvgIpc) is 2.56. The number of hydrogen-bond acceptors (Lipinski definition) is 3. The third-order valence-corrected chi connectivity index (χ3v) is 4.69. The zero-order valence-electron chi connectivity index (χ0n) is 14.8. The number of hydrogen-bond donors (Lipinski definition) is 0. The molecule has 1 rings (SSSR count). The second-order valence-corrected chi connectivity index (χ2v) is 6.67. The maximum atomic E-state index is 11.5. The highest BCUT2D eigenvalue weighted by Gasteiger charge is 2.27. The summed E-state index contributed by atoms with van der Waals surface area (Å²) < 4.78 is 10.6. The van der Waals surface area contributed by atoms with Crippen molar-refractivity contribution in [1.82, 2.24) is 0 Å². The molecule has 0 bridgehead atoms. The van der Waals surface area contributed by atoms with E-state index in [1.165, 1.54) is 71.3 Å². The lowest BCUT2D eigenvalue weighted by Gasteiger charge is -2.28. The Morgan fingerprint density at radius 1 is 0.955 bits per heavy atom. The van der Waals surface area contributed by atoms with Crippen molar-refractivity contribution in [1.29, 1.82) is 0 Å². The third kappa shape index (κ3) is 8.77. The van der Waals surface area contributed by atoms with Crippen LogP contribution in [0.4, 0.5) is 0 Å². The first kappa shape index (κ1) is 19.5. The Labute approximate surface area is 137 Å². The van der Waals surface area contributed by atoms with E-state index in [0.29, 0.717) is 0 Å².